The zero-order chi connectivity index (χ0) is 26.2. The lowest BCUT2D eigenvalue weighted by atomic mass is 9.85. The van der Waals surface area contributed by atoms with Gasteiger partial charge in [0, 0.05) is 6.54 Å². The molecule has 1 aliphatic heterocycles. The van der Waals surface area contributed by atoms with Crippen LogP contribution < -0.4 is 0 Å². The zero-order valence-electron chi connectivity index (χ0n) is 21.1. The summed E-state index contributed by atoms with van der Waals surface area (Å²) in [6.07, 6.45) is 7.86. The number of nitrogens with zero attached hydrogens (tertiary/aromatic N) is 1. The molecule has 0 saturated heterocycles. The van der Waals surface area contributed by atoms with Crippen molar-refractivity contribution in [2.45, 2.75) is 38.5 Å². The van der Waals surface area contributed by atoms with Crippen molar-refractivity contribution in [3.05, 3.63) is 123 Å². The second-order valence-corrected chi connectivity index (χ2v) is 10.2. The summed E-state index contributed by atoms with van der Waals surface area (Å²) in [4.78, 5) is 27.0. The third-order valence-electron chi connectivity index (χ3n) is 7.79. The van der Waals surface area contributed by atoms with Crippen LogP contribution in [0.5, 0.6) is 11.5 Å². The van der Waals surface area contributed by atoms with Gasteiger partial charge in [-0.25, -0.2) is 0 Å². The average Bonchev–Trinajstić information content (AvgIpc) is 3.63. The summed E-state index contributed by atoms with van der Waals surface area (Å²) >= 11 is 0. The van der Waals surface area contributed by atoms with Crippen molar-refractivity contribution in [2.75, 3.05) is 6.54 Å². The molecule has 0 atom stereocenters. The summed E-state index contributed by atoms with van der Waals surface area (Å²) in [5, 5.41) is 19.9. The summed E-state index contributed by atoms with van der Waals surface area (Å²) in [5.74, 6) is 0.00625. The lowest BCUT2D eigenvalue weighted by Gasteiger charge is -2.20. The molecule has 0 spiro atoms. The van der Waals surface area contributed by atoms with E-state index >= 15 is 0 Å². The molecule has 190 valence electrons. The maximum atomic E-state index is 12.8. The third-order valence-corrected chi connectivity index (χ3v) is 7.79. The van der Waals surface area contributed by atoms with Crippen molar-refractivity contribution < 1.29 is 19.8 Å². The molecule has 1 heterocycles. The van der Waals surface area contributed by atoms with E-state index in [9.17, 15) is 19.8 Å². The Morgan fingerprint density at radius 1 is 0.737 bits per heavy atom. The number of unbranched alkanes of at least 4 members (excludes halogenated alkanes) is 1. The Bertz CT molecular complexity index is 1440. The standard InChI is InChI=1S/C33H29NO4/c35-25-14-10-22(11-15-25)31(23-12-16-26(36)17-13-23)27(30-20-21-8-9-24(30)19-21)5-3-4-18-34-32(37)28-6-1-2-7-29(28)33(34)38/h1-2,6-7,10-17,20,35-36H,3-5,8-9,18-19H2. The van der Waals surface area contributed by atoms with Crippen LogP contribution in [-0.4, -0.2) is 33.5 Å². The van der Waals surface area contributed by atoms with Crippen molar-refractivity contribution in [2.24, 2.45) is 0 Å². The minimum Gasteiger partial charge on any atom is -0.508 e. The molecule has 1 fully saturated rings. The first-order valence-corrected chi connectivity index (χ1v) is 13.2. The average molecular weight is 504 g/mol. The van der Waals surface area contributed by atoms with Gasteiger partial charge in [0.2, 0.25) is 0 Å². The first-order chi connectivity index (χ1) is 18.5. The molecule has 0 unspecified atom stereocenters. The number of hydrogen-bond acceptors (Lipinski definition) is 4. The van der Waals surface area contributed by atoms with E-state index in [1.807, 2.05) is 24.3 Å². The molecule has 2 N–H and O–H groups in total. The zero-order valence-corrected chi connectivity index (χ0v) is 21.1. The van der Waals surface area contributed by atoms with E-state index in [4.69, 9.17) is 0 Å². The number of imide groups is 1. The molecule has 5 heteroatoms. The fraction of sp³-hybridized carbons (Fsp3) is 0.212. The van der Waals surface area contributed by atoms with Gasteiger partial charge in [-0.15, -0.1) is 0 Å². The number of allylic oxidation sites excluding steroid dienone is 5. The van der Waals surface area contributed by atoms with Gasteiger partial charge in [-0.1, -0.05) is 53.6 Å². The van der Waals surface area contributed by atoms with Crippen LogP contribution >= 0.6 is 0 Å². The monoisotopic (exact) mass is 503 g/mol. The number of amides is 2. The summed E-state index contributed by atoms with van der Waals surface area (Å²) in [6, 6.07) is 21.5. The van der Waals surface area contributed by atoms with Crippen LogP contribution in [0.2, 0.25) is 0 Å². The highest BCUT2D eigenvalue weighted by Crippen LogP contribution is 2.46. The molecule has 3 aromatic carbocycles. The quantitative estimate of drug-likeness (QED) is 0.262. The van der Waals surface area contributed by atoms with E-state index < -0.39 is 0 Å². The summed E-state index contributed by atoms with van der Waals surface area (Å²) in [5.41, 5.74) is 9.51. The van der Waals surface area contributed by atoms with Gasteiger partial charge in [0.05, 0.1) is 11.1 Å². The Balaban J connectivity index is 1.32. The maximum absolute atomic E-state index is 12.8. The van der Waals surface area contributed by atoms with Crippen molar-refractivity contribution in [3.63, 3.8) is 0 Å². The van der Waals surface area contributed by atoms with Crippen molar-refractivity contribution in [1.82, 2.24) is 4.90 Å². The summed E-state index contributed by atoms with van der Waals surface area (Å²) in [6.45, 7) is 0.389. The molecule has 2 aliphatic carbocycles. The van der Waals surface area contributed by atoms with Gasteiger partial charge >= 0.3 is 0 Å². The molecule has 38 heavy (non-hydrogen) atoms. The second-order valence-electron chi connectivity index (χ2n) is 10.2. The Labute approximate surface area is 222 Å². The number of aromatic hydroxyl groups is 2. The van der Waals surface area contributed by atoms with E-state index in [0.717, 1.165) is 48.8 Å². The highest BCUT2D eigenvalue weighted by Gasteiger charge is 2.34. The number of carbonyl (C=O) groups excluding carboxylic acids is 2. The van der Waals surface area contributed by atoms with Crippen LogP contribution in [0.3, 0.4) is 0 Å². The van der Waals surface area contributed by atoms with Gasteiger partial charge < -0.3 is 10.2 Å². The lowest BCUT2D eigenvalue weighted by molar-refractivity contribution is 0.0652. The summed E-state index contributed by atoms with van der Waals surface area (Å²) in [7, 11) is 0. The van der Waals surface area contributed by atoms with Crippen LogP contribution in [0.15, 0.2) is 101 Å². The van der Waals surface area contributed by atoms with Crippen LogP contribution in [0.1, 0.15) is 70.4 Å². The molecule has 1 saturated carbocycles. The van der Waals surface area contributed by atoms with Crippen LogP contribution in [0.25, 0.3) is 5.57 Å². The predicted octanol–water partition coefficient (Wildman–Crippen LogP) is 6.79. The molecular formula is C33H29NO4. The molecule has 6 rings (SSSR count). The number of fused-ring (bicyclic) bond motifs is 3. The summed E-state index contributed by atoms with van der Waals surface area (Å²) < 4.78 is 0. The largest absolute Gasteiger partial charge is 0.508 e. The predicted molar refractivity (Wildman–Crippen MR) is 147 cm³/mol. The highest BCUT2D eigenvalue weighted by atomic mass is 16.3. The smallest absolute Gasteiger partial charge is 0.261 e. The molecule has 0 aromatic heterocycles. The van der Waals surface area contributed by atoms with Crippen molar-refractivity contribution >= 4 is 17.4 Å². The van der Waals surface area contributed by atoms with E-state index in [0.29, 0.717) is 24.1 Å². The second kappa shape index (κ2) is 9.82. The maximum Gasteiger partial charge on any atom is 0.261 e. The molecule has 3 aliphatic rings. The van der Waals surface area contributed by atoms with E-state index in [2.05, 4.69) is 6.08 Å². The van der Waals surface area contributed by atoms with Gasteiger partial charge in [-0.2, -0.15) is 0 Å². The topological polar surface area (TPSA) is 77.8 Å². The van der Waals surface area contributed by atoms with E-state index in [1.54, 1.807) is 48.5 Å². The number of carbonyl (C=O) groups is 2. The minimum atomic E-state index is -0.210. The fourth-order valence-electron chi connectivity index (χ4n) is 5.90. The highest BCUT2D eigenvalue weighted by molar-refractivity contribution is 6.21. The normalized spacial score (nSPS) is 15.8. The first kappa shape index (κ1) is 24.0. The molecule has 5 nitrogen and oxygen atoms in total. The van der Waals surface area contributed by atoms with Gasteiger partial charge in [-0.3, -0.25) is 14.5 Å². The Morgan fingerprint density at radius 2 is 1.32 bits per heavy atom. The molecule has 2 amide bonds. The van der Waals surface area contributed by atoms with Crippen molar-refractivity contribution in [3.8, 4) is 11.5 Å². The number of hydrogen-bond donors (Lipinski definition) is 2. The number of phenolic OH excluding ortho intramolecular Hbond substituents is 2. The fourth-order valence-corrected chi connectivity index (χ4v) is 5.90. The third kappa shape index (κ3) is 4.34. The van der Waals surface area contributed by atoms with Gasteiger partial charge in [0.1, 0.15) is 11.5 Å². The van der Waals surface area contributed by atoms with E-state index in [1.165, 1.54) is 27.2 Å². The SMILES string of the molecule is O=C1c2ccccc2C(=O)N1CCCCC(C1=C2CCC(=C1)C2)=C(c1ccc(O)cc1)c1ccc(O)cc1. The Morgan fingerprint density at radius 3 is 1.82 bits per heavy atom. The molecule has 0 radical (unpaired) electrons. The van der Waals surface area contributed by atoms with Crippen LogP contribution in [-0.2, 0) is 0 Å². The van der Waals surface area contributed by atoms with Gasteiger partial charge in [0.15, 0.2) is 0 Å². The van der Waals surface area contributed by atoms with Gasteiger partial charge in [-0.05, 0) is 103 Å². The van der Waals surface area contributed by atoms with E-state index in [-0.39, 0.29) is 23.3 Å². The Hall–Kier alpha value is -4.38. The Kier molecular flexibility index (Phi) is 6.20. The lowest BCUT2D eigenvalue weighted by Crippen LogP contribution is -2.30. The number of benzene rings is 3. The molecule has 2 bridgehead atoms. The van der Waals surface area contributed by atoms with Gasteiger partial charge in [0.25, 0.3) is 11.8 Å². The van der Waals surface area contributed by atoms with Crippen LogP contribution in [0.4, 0.5) is 0 Å². The minimum absolute atomic E-state index is 0.210. The first-order valence-electron chi connectivity index (χ1n) is 13.2. The number of phenols is 2. The van der Waals surface area contributed by atoms with Crippen LogP contribution in [0, 0.1) is 0 Å². The number of rotatable bonds is 8. The molecular weight excluding hydrogens is 474 g/mol. The van der Waals surface area contributed by atoms with Crippen molar-refractivity contribution in [1.29, 1.82) is 0 Å². The molecule has 3 aromatic rings.